The molecule has 8 aromatic heterocycles. The van der Waals surface area contributed by atoms with Crippen LogP contribution in [0.2, 0.25) is 0 Å². The molecule has 2 aliphatic rings. The van der Waals surface area contributed by atoms with Gasteiger partial charge in [0.1, 0.15) is 38.3 Å². The molecule has 0 spiro atoms. The SMILES string of the molecule is Cc1cnc(N[C@@H]2CCCC(C)(C)C2)nc1-c1c[nH]c2nc(-c3nccs3)ccc12.Cc1cnc(N[C@@H]2CN(C(=O)OC(C)(C)C)CC(C)(C)C2)nc1-c1c[nH]c2nc(-c3nccs3)ccc12. The van der Waals surface area contributed by atoms with E-state index in [2.05, 4.69) is 87.3 Å². The zero-order chi connectivity index (χ0) is 47.1. The van der Waals surface area contributed by atoms with E-state index in [1.54, 1.807) is 40.0 Å². The molecule has 1 saturated carbocycles. The van der Waals surface area contributed by atoms with E-state index >= 15 is 0 Å². The summed E-state index contributed by atoms with van der Waals surface area (Å²) in [6.45, 7) is 19.9. The van der Waals surface area contributed by atoms with Crippen LogP contribution in [0.5, 0.6) is 0 Å². The molecule has 0 bridgehead atoms. The van der Waals surface area contributed by atoms with Gasteiger partial charge in [0.25, 0.3) is 0 Å². The van der Waals surface area contributed by atoms with Gasteiger partial charge in [-0.3, -0.25) is 0 Å². The number of carbonyl (C=O) groups excluding carboxylic acids is 1. The molecule has 0 radical (unpaired) electrons. The standard InChI is InChI=1S/C27H33N7O2S.C23H26N6S/c1-16-12-30-24(31-17-11-27(5,6)15-34(14-17)25(35)36-26(2,3)4)33-21(16)19-13-29-22-18(19)7-8-20(32-22)23-28-9-10-37-23;1-14-12-26-22(27-15-5-4-8-23(2,3)11-15)29-19(14)17-13-25-20-16(17)6-7-18(28-20)21-24-9-10-30-21/h7-10,12-13,17H,11,14-15H2,1-6H3,(H,29,32)(H,30,31,33);6-7,9-10,12-13,15H,4-5,8,11H2,1-3H3,(H,25,28)(H,26,27,29)/t17-;15-/m01/s1. The molecule has 1 saturated heterocycles. The smallest absolute Gasteiger partial charge is 0.410 e. The Bertz CT molecular complexity index is 3010. The fraction of sp³-hybridized carbons (Fsp3) is 0.420. The Morgan fingerprint density at radius 1 is 0.731 bits per heavy atom. The van der Waals surface area contributed by atoms with Crippen molar-refractivity contribution < 1.29 is 9.53 Å². The van der Waals surface area contributed by atoms with Gasteiger partial charge in [0.15, 0.2) is 0 Å². The number of carbonyl (C=O) groups is 1. The number of ether oxygens (including phenoxy) is 1. The highest BCUT2D eigenvalue weighted by atomic mass is 32.1. The monoisotopic (exact) mass is 937 g/mol. The van der Waals surface area contributed by atoms with Crippen LogP contribution in [0.1, 0.15) is 91.7 Å². The first-order valence-corrected chi connectivity index (χ1v) is 24.7. The van der Waals surface area contributed by atoms with Crippen LogP contribution in [-0.4, -0.2) is 91.6 Å². The first-order chi connectivity index (χ1) is 32.0. The zero-order valence-corrected chi connectivity index (χ0v) is 41.3. The number of aromatic nitrogens is 10. The highest BCUT2D eigenvalue weighted by Crippen LogP contribution is 2.38. The lowest BCUT2D eigenvalue weighted by molar-refractivity contribution is 0.00710. The van der Waals surface area contributed by atoms with Crippen LogP contribution in [-0.2, 0) is 4.74 Å². The van der Waals surface area contributed by atoms with E-state index in [0.29, 0.717) is 36.4 Å². The number of amides is 1. The van der Waals surface area contributed by atoms with E-state index in [1.807, 2.05) is 75.4 Å². The van der Waals surface area contributed by atoms with Crippen LogP contribution in [0.3, 0.4) is 0 Å². The molecular weight excluding hydrogens is 879 g/mol. The summed E-state index contributed by atoms with van der Waals surface area (Å²) < 4.78 is 5.64. The van der Waals surface area contributed by atoms with Gasteiger partial charge in [-0.05, 0) is 107 Å². The van der Waals surface area contributed by atoms with E-state index in [-0.39, 0.29) is 17.6 Å². The first kappa shape index (κ1) is 45.8. The summed E-state index contributed by atoms with van der Waals surface area (Å²) in [5.74, 6) is 1.24. The number of nitrogens with one attached hydrogen (secondary N) is 4. The molecule has 15 nitrogen and oxygen atoms in total. The molecule has 9 heterocycles. The third-order valence-electron chi connectivity index (χ3n) is 12.2. The lowest BCUT2D eigenvalue weighted by atomic mass is 9.75. The molecule has 1 amide bonds. The van der Waals surface area contributed by atoms with Gasteiger partial charge in [-0.1, -0.05) is 34.1 Å². The van der Waals surface area contributed by atoms with Gasteiger partial charge in [0.05, 0.1) is 11.4 Å². The number of nitrogens with zero attached hydrogens (tertiary/aromatic N) is 9. The topological polar surface area (TPSA) is 188 Å². The fourth-order valence-corrected chi connectivity index (χ4v) is 10.5. The van der Waals surface area contributed by atoms with Gasteiger partial charge in [0, 0.05) is 95.0 Å². The zero-order valence-electron chi connectivity index (χ0n) is 39.7. The quantitative estimate of drug-likeness (QED) is 0.113. The number of hydrogen-bond acceptors (Lipinski definition) is 14. The average Bonchev–Trinajstić information content (AvgIpc) is 4.12. The molecule has 348 valence electrons. The number of anilines is 2. The Morgan fingerprint density at radius 3 is 1.75 bits per heavy atom. The Balaban J connectivity index is 0.000000171. The Hall–Kier alpha value is -6.33. The van der Waals surface area contributed by atoms with Gasteiger partial charge >= 0.3 is 6.09 Å². The van der Waals surface area contributed by atoms with E-state index < -0.39 is 5.60 Å². The van der Waals surface area contributed by atoms with E-state index in [1.165, 1.54) is 19.3 Å². The van der Waals surface area contributed by atoms with Crippen molar-refractivity contribution >= 4 is 62.7 Å². The van der Waals surface area contributed by atoms with Crippen molar-refractivity contribution in [2.24, 2.45) is 10.8 Å². The molecule has 1 aliphatic heterocycles. The molecule has 10 rings (SSSR count). The maximum Gasteiger partial charge on any atom is 0.410 e. The van der Waals surface area contributed by atoms with Crippen LogP contribution in [0, 0.1) is 24.7 Å². The maximum absolute atomic E-state index is 12.8. The highest BCUT2D eigenvalue weighted by Gasteiger charge is 2.37. The molecule has 1 aliphatic carbocycles. The molecule has 17 heteroatoms. The predicted molar refractivity (Wildman–Crippen MR) is 269 cm³/mol. The fourth-order valence-electron chi connectivity index (χ4n) is 9.30. The number of aryl methyl sites for hydroxylation is 2. The van der Waals surface area contributed by atoms with E-state index in [4.69, 9.17) is 24.7 Å². The average molecular weight is 938 g/mol. The van der Waals surface area contributed by atoms with Gasteiger partial charge < -0.3 is 30.2 Å². The summed E-state index contributed by atoms with van der Waals surface area (Å²) >= 11 is 3.16. The van der Waals surface area contributed by atoms with Crippen LogP contribution >= 0.6 is 22.7 Å². The number of piperidine rings is 1. The molecule has 4 N–H and O–H groups in total. The number of rotatable bonds is 8. The summed E-state index contributed by atoms with van der Waals surface area (Å²) in [4.78, 5) is 58.4. The van der Waals surface area contributed by atoms with Crippen LogP contribution in [0.15, 0.2) is 72.2 Å². The van der Waals surface area contributed by atoms with Crippen LogP contribution in [0.25, 0.3) is 66.0 Å². The minimum absolute atomic E-state index is 0.00249. The van der Waals surface area contributed by atoms with Crippen molar-refractivity contribution in [3.63, 3.8) is 0 Å². The van der Waals surface area contributed by atoms with Gasteiger partial charge in [-0.2, -0.15) is 0 Å². The largest absolute Gasteiger partial charge is 0.444 e. The Kier molecular flexibility index (Phi) is 12.6. The van der Waals surface area contributed by atoms with Gasteiger partial charge in [0.2, 0.25) is 11.9 Å². The minimum Gasteiger partial charge on any atom is -0.444 e. The summed E-state index contributed by atoms with van der Waals surface area (Å²) in [6.07, 6.45) is 16.7. The molecule has 0 aromatic carbocycles. The normalized spacial score (nSPS) is 18.1. The molecule has 2 fully saturated rings. The lowest BCUT2D eigenvalue weighted by Crippen LogP contribution is -2.53. The first-order valence-electron chi connectivity index (χ1n) is 22.9. The molecule has 0 unspecified atom stereocenters. The van der Waals surface area contributed by atoms with Crippen molar-refractivity contribution in [1.29, 1.82) is 0 Å². The minimum atomic E-state index is -0.536. The molecular formula is C50H59N13O2S2. The highest BCUT2D eigenvalue weighted by molar-refractivity contribution is 7.13. The number of hydrogen-bond donors (Lipinski definition) is 4. The van der Waals surface area contributed by atoms with Crippen molar-refractivity contribution in [1.82, 2.24) is 54.7 Å². The van der Waals surface area contributed by atoms with E-state index in [0.717, 1.165) is 90.0 Å². The molecule has 2 atom stereocenters. The Labute approximate surface area is 399 Å². The second-order valence-electron chi connectivity index (χ2n) is 20.4. The van der Waals surface area contributed by atoms with Gasteiger partial charge in [-0.25, -0.2) is 44.7 Å². The van der Waals surface area contributed by atoms with Crippen molar-refractivity contribution in [2.45, 2.75) is 112 Å². The van der Waals surface area contributed by atoms with Crippen molar-refractivity contribution in [3.05, 3.63) is 83.3 Å². The maximum atomic E-state index is 12.8. The number of pyridine rings is 2. The third kappa shape index (κ3) is 10.6. The summed E-state index contributed by atoms with van der Waals surface area (Å²) in [6, 6.07) is 8.60. The predicted octanol–water partition coefficient (Wildman–Crippen LogP) is 11.7. The summed E-state index contributed by atoms with van der Waals surface area (Å²) in [5, 5.41) is 14.8. The molecule has 8 aromatic rings. The number of fused-ring (bicyclic) bond motifs is 2. The van der Waals surface area contributed by atoms with Crippen LogP contribution in [0.4, 0.5) is 16.7 Å². The van der Waals surface area contributed by atoms with Crippen LogP contribution < -0.4 is 10.6 Å². The Morgan fingerprint density at radius 2 is 1.25 bits per heavy atom. The van der Waals surface area contributed by atoms with Crippen molar-refractivity contribution in [3.8, 4) is 43.9 Å². The second kappa shape index (κ2) is 18.4. The number of likely N-dealkylation sites (tertiary alicyclic amines) is 1. The summed E-state index contributed by atoms with van der Waals surface area (Å²) in [7, 11) is 0. The lowest BCUT2D eigenvalue weighted by Gasteiger charge is -2.42. The third-order valence-corrected chi connectivity index (χ3v) is 13.8. The second-order valence-corrected chi connectivity index (χ2v) is 22.2. The van der Waals surface area contributed by atoms with E-state index in [9.17, 15) is 4.79 Å². The van der Waals surface area contributed by atoms with Crippen molar-refractivity contribution in [2.75, 3.05) is 23.7 Å². The summed E-state index contributed by atoms with van der Waals surface area (Å²) in [5.41, 5.74) is 8.94. The molecule has 67 heavy (non-hydrogen) atoms. The number of thiazole rings is 2. The van der Waals surface area contributed by atoms with Gasteiger partial charge in [-0.15, -0.1) is 22.7 Å². The number of H-pyrrole nitrogens is 2. The number of aromatic amines is 2.